The number of aromatic nitrogens is 4. The second kappa shape index (κ2) is 13.1. The predicted octanol–water partition coefficient (Wildman–Crippen LogP) is 5.17. The molecule has 2 aliphatic rings. The van der Waals surface area contributed by atoms with Crippen molar-refractivity contribution in [1.29, 1.82) is 0 Å². The highest BCUT2D eigenvalue weighted by molar-refractivity contribution is 7.92. The number of morpholine rings is 1. The standard InChI is InChI=1S/C33H34ClN7O4S2/c1-39-12-9-24(10-13-39)47(43,44)25-7-8-26(28(34)18-25)27-17-22-19-36-32(38-30(22)41(31(27)42)33-35-11-16-46-33)37-23-5-3-21(4-6-23)29-20-40(2)14-15-45-29/h3-8,11,16-19,24,29H,9-10,12-15,20H2,1-2H3,(H,36,37,38). The second-order valence-electron chi connectivity index (χ2n) is 12.0. The zero-order valence-corrected chi connectivity index (χ0v) is 28.4. The molecule has 7 rings (SSSR count). The van der Waals surface area contributed by atoms with Gasteiger partial charge in [0.15, 0.2) is 20.6 Å². The molecule has 5 heterocycles. The van der Waals surface area contributed by atoms with Gasteiger partial charge in [0.25, 0.3) is 5.56 Å². The summed E-state index contributed by atoms with van der Waals surface area (Å²) in [5.74, 6) is 0.317. The molecule has 5 aromatic rings. The number of ether oxygens (including phenoxy) is 1. The Morgan fingerprint density at radius 2 is 1.77 bits per heavy atom. The number of benzene rings is 2. The topological polar surface area (TPSA) is 123 Å². The number of nitrogens with one attached hydrogen (secondary N) is 1. The molecule has 2 fully saturated rings. The van der Waals surface area contributed by atoms with E-state index in [2.05, 4.69) is 32.1 Å². The van der Waals surface area contributed by atoms with Crippen LogP contribution >= 0.6 is 22.9 Å². The van der Waals surface area contributed by atoms with Gasteiger partial charge >= 0.3 is 0 Å². The highest BCUT2D eigenvalue weighted by Gasteiger charge is 2.31. The van der Waals surface area contributed by atoms with Crippen LogP contribution in [0.3, 0.4) is 0 Å². The van der Waals surface area contributed by atoms with E-state index in [0.717, 1.165) is 37.4 Å². The van der Waals surface area contributed by atoms with Gasteiger partial charge in [-0.1, -0.05) is 29.8 Å². The minimum Gasteiger partial charge on any atom is -0.371 e. The first-order valence-electron chi connectivity index (χ1n) is 15.4. The maximum Gasteiger partial charge on any atom is 0.266 e. The van der Waals surface area contributed by atoms with Crippen molar-refractivity contribution in [2.45, 2.75) is 29.1 Å². The van der Waals surface area contributed by atoms with Crippen LogP contribution in [0.15, 0.2) is 76.0 Å². The summed E-state index contributed by atoms with van der Waals surface area (Å²) in [6, 6.07) is 14.3. The molecule has 0 saturated carbocycles. The number of piperidine rings is 1. The van der Waals surface area contributed by atoms with Crippen molar-refractivity contribution in [3.05, 3.63) is 87.2 Å². The van der Waals surface area contributed by atoms with Gasteiger partial charge in [0, 0.05) is 58.1 Å². The number of likely N-dealkylation sites (N-methyl/N-ethyl adjacent to an activating group) is 1. The molecule has 0 aliphatic carbocycles. The van der Waals surface area contributed by atoms with Crippen molar-refractivity contribution in [2.75, 3.05) is 52.2 Å². The number of hydrogen-bond donors (Lipinski definition) is 1. The molecule has 2 aromatic carbocycles. The third kappa shape index (κ3) is 6.43. The van der Waals surface area contributed by atoms with Crippen molar-refractivity contribution in [3.63, 3.8) is 0 Å². The lowest BCUT2D eigenvalue weighted by molar-refractivity contribution is -0.0208. The molecular formula is C33H34ClN7O4S2. The minimum absolute atomic E-state index is 0.0231. The van der Waals surface area contributed by atoms with Crippen molar-refractivity contribution in [2.24, 2.45) is 0 Å². The van der Waals surface area contributed by atoms with E-state index in [1.165, 1.54) is 22.0 Å². The minimum atomic E-state index is -3.57. The molecule has 0 bridgehead atoms. The smallest absolute Gasteiger partial charge is 0.266 e. The van der Waals surface area contributed by atoms with Gasteiger partial charge in [0.1, 0.15) is 0 Å². The normalized spacial score (nSPS) is 18.5. The largest absolute Gasteiger partial charge is 0.371 e. The Kier molecular flexibility index (Phi) is 8.85. The summed E-state index contributed by atoms with van der Waals surface area (Å²) in [5, 5.41) is 5.77. The molecule has 0 radical (unpaired) electrons. The van der Waals surface area contributed by atoms with E-state index in [9.17, 15) is 13.2 Å². The molecule has 0 spiro atoms. The number of thiazole rings is 1. The average Bonchev–Trinajstić information content (AvgIpc) is 3.60. The molecule has 244 valence electrons. The number of anilines is 2. The van der Waals surface area contributed by atoms with Gasteiger partial charge in [0.05, 0.1) is 22.9 Å². The van der Waals surface area contributed by atoms with Crippen molar-refractivity contribution < 1.29 is 13.2 Å². The van der Waals surface area contributed by atoms with Crippen LogP contribution in [0.2, 0.25) is 5.02 Å². The van der Waals surface area contributed by atoms with E-state index in [0.29, 0.717) is 47.1 Å². The molecule has 1 unspecified atom stereocenters. The fourth-order valence-corrected chi connectivity index (χ4v) is 8.87. The molecule has 11 nitrogen and oxygen atoms in total. The SMILES string of the molecule is CN1CCC(S(=O)(=O)c2ccc(-c3cc4cnc(Nc5ccc(C6CN(C)CCO6)cc5)nc4n(-c4nccs4)c3=O)c(Cl)c2)CC1. The Morgan fingerprint density at radius 1 is 0.979 bits per heavy atom. The molecule has 1 atom stereocenters. The Hall–Kier alpha value is -3.72. The Morgan fingerprint density at radius 3 is 2.47 bits per heavy atom. The van der Waals surface area contributed by atoms with E-state index in [4.69, 9.17) is 21.3 Å². The highest BCUT2D eigenvalue weighted by atomic mass is 35.5. The van der Waals surface area contributed by atoms with Crippen LogP contribution in [0.4, 0.5) is 11.6 Å². The number of hydrogen-bond acceptors (Lipinski definition) is 11. The lowest BCUT2D eigenvalue weighted by atomic mass is 10.1. The summed E-state index contributed by atoms with van der Waals surface area (Å²) in [6.45, 7) is 3.91. The van der Waals surface area contributed by atoms with Gasteiger partial charge in [-0.15, -0.1) is 11.3 Å². The number of rotatable bonds is 7. The third-order valence-corrected chi connectivity index (χ3v) is 12.2. The monoisotopic (exact) mass is 691 g/mol. The number of likely N-dealkylation sites (tertiary alicyclic amines) is 1. The van der Waals surface area contributed by atoms with E-state index >= 15 is 0 Å². The quantitative estimate of drug-likeness (QED) is 0.245. The average molecular weight is 692 g/mol. The van der Waals surface area contributed by atoms with E-state index < -0.39 is 15.1 Å². The Bertz CT molecular complexity index is 2080. The molecular weight excluding hydrogens is 658 g/mol. The number of halogens is 1. The fourth-order valence-electron chi connectivity index (χ4n) is 6.12. The molecule has 1 N–H and O–H groups in total. The van der Waals surface area contributed by atoms with Crippen LogP contribution < -0.4 is 10.9 Å². The summed E-state index contributed by atoms with van der Waals surface area (Å²) in [6.07, 6.45) is 4.42. The maximum atomic E-state index is 14.1. The van der Waals surface area contributed by atoms with Crippen LogP contribution in [-0.4, -0.2) is 89.9 Å². The third-order valence-electron chi connectivity index (χ3n) is 8.82. The lowest BCUT2D eigenvalue weighted by Crippen LogP contribution is -2.37. The van der Waals surface area contributed by atoms with Gasteiger partial charge in [-0.3, -0.25) is 4.79 Å². The Labute approximate surface area is 281 Å². The van der Waals surface area contributed by atoms with Crippen LogP contribution in [0.5, 0.6) is 0 Å². The zero-order chi connectivity index (χ0) is 32.7. The molecule has 0 amide bonds. The molecule has 14 heteroatoms. The first kappa shape index (κ1) is 31.9. The number of nitrogens with zero attached hydrogens (tertiary/aromatic N) is 6. The van der Waals surface area contributed by atoms with E-state index in [1.54, 1.807) is 36.0 Å². The zero-order valence-electron chi connectivity index (χ0n) is 26.0. The van der Waals surface area contributed by atoms with Crippen LogP contribution in [0.25, 0.3) is 27.3 Å². The predicted molar refractivity (Wildman–Crippen MR) is 185 cm³/mol. The molecule has 2 aliphatic heterocycles. The van der Waals surface area contributed by atoms with Crippen molar-refractivity contribution in [1.82, 2.24) is 29.3 Å². The van der Waals surface area contributed by atoms with Gasteiger partial charge in [-0.25, -0.2) is 23.0 Å². The first-order valence-corrected chi connectivity index (χ1v) is 18.2. The molecule has 47 heavy (non-hydrogen) atoms. The summed E-state index contributed by atoms with van der Waals surface area (Å²) < 4.78 is 34.2. The number of fused-ring (bicyclic) bond motifs is 1. The number of pyridine rings is 1. The van der Waals surface area contributed by atoms with Crippen LogP contribution in [-0.2, 0) is 14.6 Å². The van der Waals surface area contributed by atoms with Crippen LogP contribution in [0, 0.1) is 0 Å². The van der Waals surface area contributed by atoms with Crippen LogP contribution in [0.1, 0.15) is 24.5 Å². The summed E-state index contributed by atoms with van der Waals surface area (Å²) in [5.41, 5.74) is 2.58. The summed E-state index contributed by atoms with van der Waals surface area (Å²) in [4.78, 5) is 32.3. The Balaban J connectivity index is 1.22. The first-order chi connectivity index (χ1) is 22.7. The fraction of sp³-hybridized carbons (Fsp3) is 0.333. The lowest BCUT2D eigenvalue weighted by Gasteiger charge is -2.30. The summed E-state index contributed by atoms with van der Waals surface area (Å²) in [7, 11) is 0.505. The maximum absolute atomic E-state index is 14.1. The van der Waals surface area contributed by atoms with Crippen molar-refractivity contribution in [3.8, 4) is 16.3 Å². The number of sulfone groups is 1. The van der Waals surface area contributed by atoms with Gasteiger partial charge in [-0.2, -0.15) is 4.98 Å². The highest BCUT2D eigenvalue weighted by Crippen LogP contribution is 2.33. The van der Waals surface area contributed by atoms with E-state index in [1.807, 2.05) is 31.3 Å². The molecule has 3 aromatic heterocycles. The van der Waals surface area contributed by atoms with Gasteiger partial charge in [0.2, 0.25) is 5.95 Å². The molecule has 2 saturated heterocycles. The van der Waals surface area contributed by atoms with Gasteiger partial charge < -0.3 is 19.9 Å². The van der Waals surface area contributed by atoms with Crippen molar-refractivity contribution >= 4 is 55.4 Å². The van der Waals surface area contributed by atoms with Gasteiger partial charge in [-0.05, 0) is 75.9 Å². The van der Waals surface area contributed by atoms with E-state index in [-0.39, 0.29) is 27.1 Å². The summed E-state index contributed by atoms with van der Waals surface area (Å²) >= 11 is 8.03. The second-order valence-corrected chi connectivity index (χ2v) is 15.6.